The topological polar surface area (TPSA) is 40.5 Å². The van der Waals surface area contributed by atoms with Crippen LogP contribution >= 0.6 is 0 Å². The fourth-order valence-electron chi connectivity index (χ4n) is 4.78. The van der Waals surface area contributed by atoms with Crippen LogP contribution < -0.4 is 4.74 Å². The number of rotatable bonds is 6. The van der Waals surface area contributed by atoms with E-state index >= 15 is 0 Å². The standard InChI is InChI=1S/C25H29NO3/c1-4-15-29-22-16-21-23(25(27)28-5-2)17(3)26(18-11-7-6-8-12-18)24(21)20-14-10-9-13-19(20)22/h4,9-10,13-14,16,18H,1,5-8,11-12,15H2,2-3H3. The molecule has 29 heavy (non-hydrogen) atoms. The van der Waals surface area contributed by atoms with Crippen molar-refractivity contribution in [2.75, 3.05) is 13.2 Å². The second-order valence-corrected chi connectivity index (χ2v) is 7.76. The third-order valence-corrected chi connectivity index (χ3v) is 5.99. The third-order valence-electron chi connectivity index (χ3n) is 5.99. The highest BCUT2D eigenvalue weighted by Gasteiger charge is 2.28. The van der Waals surface area contributed by atoms with Crippen LogP contribution in [0.15, 0.2) is 43.0 Å². The van der Waals surface area contributed by atoms with Crippen molar-refractivity contribution in [1.29, 1.82) is 0 Å². The fourth-order valence-corrected chi connectivity index (χ4v) is 4.78. The molecule has 4 nitrogen and oxygen atoms in total. The van der Waals surface area contributed by atoms with E-state index in [2.05, 4.69) is 36.3 Å². The molecule has 1 heterocycles. The van der Waals surface area contributed by atoms with Gasteiger partial charge in [0.1, 0.15) is 12.4 Å². The van der Waals surface area contributed by atoms with Crippen LogP contribution in [-0.4, -0.2) is 23.8 Å². The molecule has 1 aliphatic carbocycles. The van der Waals surface area contributed by atoms with Gasteiger partial charge in [0.25, 0.3) is 0 Å². The molecule has 1 aliphatic rings. The highest BCUT2D eigenvalue weighted by molar-refractivity contribution is 6.16. The summed E-state index contributed by atoms with van der Waals surface area (Å²) >= 11 is 0. The van der Waals surface area contributed by atoms with Crippen molar-refractivity contribution in [3.8, 4) is 5.75 Å². The van der Waals surface area contributed by atoms with Gasteiger partial charge in [-0.1, -0.05) is 56.2 Å². The van der Waals surface area contributed by atoms with E-state index in [0.717, 1.165) is 46.0 Å². The molecular weight excluding hydrogens is 362 g/mol. The Bertz CT molecular complexity index is 1060. The molecular formula is C25H29NO3. The number of esters is 1. The first kappa shape index (κ1) is 19.6. The number of nitrogens with zero attached hydrogens (tertiary/aromatic N) is 1. The van der Waals surface area contributed by atoms with Gasteiger partial charge in [0.05, 0.1) is 17.7 Å². The molecule has 0 radical (unpaired) electrons. The minimum Gasteiger partial charge on any atom is -0.489 e. The summed E-state index contributed by atoms with van der Waals surface area (Å²) in [5.74, 6) is 0.522. The second kappa shape index (κ2) is 8.32. The molecule has 1 aromatic heterocycles. The van der Waals surface area contributed by atoms with Gasteiger partial charge in [-0.2, -0.15) is 0 Å². The van der Waals surface area contributed by atoms with Gasteiger partial charge >= 0.3 is 5.97 Å². The summed E-state index contributed by atoms with van der Waals surface area (Å²) in [6, 6.07) is 10.7. The summed E-state index contributed by atoms with van der Waals surface area (Å²) in [7, 11) is 0. The lowest BCUT2D eigenvalue weighted by Crippen LogP contribution is -2.15. The van der Waals surface area contributed by atoms with E-state index in [1.54, 1.807) is 6.08 Å². The molecule has 1 fully saturated rings. The predicted octanol–water partition coefficient (Wildman–Crippen LogP) is 6.35. The average Bonchev–Trinajstić information content (AvgIpc) is 3.04. The molecule has 2 aromatic carbocycles. The maximum Gasteiger partial charge on any atom is 0.340 e. The minimum atomic E-state index is -0.255. The van der Waals surface area contributed by atoms with Crippen molar-refractivity contribution in [3.63, 3.8) is 0 Å². The molecule has 0 spiro atoms. The largest absolute Gasteiger partial charge is 0.489 e. The third kappa shape index (κ3) is 3.41. The van der Waals surface area contributed by atoms with E-state index in [-0.39, 0.29) is 5.97 Å². The van der Waals surface area contributed by atoms with Crippen molar-refractivity contribution in [1.82, 2.24) is 4.57 Å². The number of hydrogen-bond acceptors (Lipinski definition) is 3. The summed E-state index contributed by atoms with van der Waals surface area (Å²) in [6.45, 7) is 8.45. The van der Waals surface area contributed by atoms with Crippen molar-refractivity contribution < 1.29 is 14.3 Å². The molecule has 0 N–H and O–H groups in total. The van der Waals surface area contributed by atoms with Crippen LogP contribution in [0.2, 0.25) is 0 Å². The van der Waals surface area contributed by atoms with Crippen LogP contribution in [0.5, 0.6) is 5.75 Å². The summed E-state index contributed by atoms with van der Waals surface area (Å²) in [5.41, 5.74) is 2.79. The first-order chi connectivity index (χ1) is 14.2. The maximum atomic E-state index is 12.9. The van der Waals surface area contributed by atoms with E-state index < -0.39 is 0 Å². The summed E-state index contributed by atoms with van der Waals surface area (Å²) in [4.78, 5) is 12.9. The molecule has 3 aromatic rings. The van der Waals surface area contributed by atoms with Gasteiger partial charge in [0.15, 0.2) is 0 Å². The normalized spacial score (nSPS) is 15.0. The Labute approximate surface area is 172 Å². The van der Waals surface area contributed by atoms with Crippen LogP contribution in [0.4, 0.5) is 0 Å². The zero-order chi connectivity index (χ0) is 20.4. The lowest BCUT2D eigenvalue weighted by atomic mass is 9.94. The van der Waals surface area contributed by atoms with E-state index in [9.17, 15) is 4.79 Å². The SMILES string of the molecule is C=CCOc1cc2c(C(=O)OCC)c(C)n(C3CCCCC3)c2c2ccccc12. The summed E-state index contributed by atoms with van der Waals surface area (Å²) in [6.07, 6.45) is 7.79. The zero-order valence-electron chi connectivity index (χ0n) is 17.4. The Kier molecular flexibility index (Phi) is 5.61. The monoisotopic (exact) mass is 391 g/mol. The molecule has 1 saturated carbocycles. The van der Waals surface area contributed by atoms with Gasteiger partial charge in [-0.05, 0) is 32.8 Å². The van der Waals surface area contributed by atoms with Crippen molar-refractivity contribution in [3.05, 3.63) is 54.2 Å². The van der Waals surface area contributed by atoms with Crippen LogP contribution in [0, 0.1) is 6.92 Å². The first-order valence-corrected chi connectivity index (χ1v) is 10.6. The molecule has 0 saturated heterocycles. The molecule has 4 heteroatoms. The van der Waals surface area contributed by atoms with Gasteiger partial charge in [-0.25, -0.2) is 4.79 Å². The van der Waals surface area contributed by atoms with E-state index in [0.29, 0.717) is 24.8 Å². The van der Waals surface area contributed by atoms with E-state index in [1.807, 2.05) is 19.1 Å². The first-order valence-electron chi connectivity index (χ1n) is 10.6. The lowest BCUT2D eigenvalue weighted by molar-refractivity contribution is 0.0527. The number of fused-ring (bicyclic) bond motifs is 3. The van der Waals surface area contributed by atoms with Crippen molar-refractivity contribution in [2.45, 2.75) is 52.0 Å². The van der Waals surface area contributed by atoms with Crippen molar-refractivity contribution in [2.24, 2.45) is 0 Å². The molecule has 4 rings (SSSR count). The van der Waals surface area contributed by atoms with E-state index in [1.165, 1.54) is 19.3 Å². The quantitative estimate of drug-likeness (QED) is 0.363. The van der Waals surface area contributed by atoms with Gasteiger partial charge in [-0.3, -0.25) is 0 Å². The van der Waals surface area contributed by atoms with Crippen LogP contribution in [0.1, 0.15) is 61.1 Å². The van der Waals surface area contributed by atoms with Gasteiger partial charge < -0.3 is 14.0 Å². The Hall–Kier alpha value is -2.75. The molecule has 0 bridgehead atoms. The van der Waals surface area contributed by atoms with Crippen LogP contribution in [0.3, 0.4) is 0 Å². The van der Waals surface area contributed by atoms with Crippen molar-refractivity contribution >= 4 is 27.6 Å². The molecule has 0 aliphatic heterocycles. The minimum absolute atomic E-state index is 0.255. The van der Waals surface area contributed by atoms with Crippen LogP contribution in [-0.2, 0) is 4.74 Å². The Balaban J connectivity index is 2.06. The zero-order valence-corrected chi connectivity index (χ0v) is 17.4. The smallest absolute Gasteiger partial charge is 0.340 e. The molecule has 0 atom stereocenters. The summed E-state index contributed by atoms with van der Waals surface area (Å²) < 4.78 is 13.8. The maximum absolute atomic E-state index is 12.9. The highest BCUT2D eigenvalue weighted by atomic mass is 16.5. The number of carbonyl (C=O) groups excluding carboxylic acids is 1. The number of benzene rings is 2. The number of carbonyl (C=O) groups is 1. The van der Waals surface area contributed by atoms with Gasteiger partial charge in [0.2, 0.25) is 0 Å². The Morgan fingerprint density at radius 2 is 1.90 bits per heavy atom. The Morgan fingerprint density at radius 3 is 2.59 bits per heavy atom. The van der Waals surface area contributed by atoms with E-state index in [4.69, 9.17) is 9.47 Å². The number of hydrogen-bond donors (Lipinski definition) is 0. The predicted molar refractivity (Wildman–Crippen MR) is 118 cm³/mol. The second-order valence-electron chi connectivity index (χ2n) is 7.76. The summed E-state index contributed by atoms with van der Waals surface area (Å²) in [5, 5.41) is 3.10. The number of ether oxygens (including phenoxy) is 2. The fraction of sp³-hybridized carbons (Fsp3) is 0.400. The van der Waals surface area contributed by atoms with Gasteiger partial charge in [-0.15, -0.1) is 0 Å². The van der Waals surface area contributed by atoms with Gasteiger partial charge in [0, 0.05) is 27.9 Å². The highest BCUT2D eigenvalue weighted by Crippen LogP contribution is 2.42. The average molecular weight is 392 g/mol. The lowest BCUT2D eigenvalue weighted by Gasteiger charge is -2.26. The molecule has 0 amide bonds. The molecule has 152 valence electrons. The Morgan fingerprint density at radius 1 is 1.17 bits per heavy atom. The van der Waals surface area contributed by atoms with Crippen LogP contribution in [0.25, 0.3) is 21.7 Å². The number of aromatic nitrogens is 1. The molecule has 0 unspecified atom stereocenters.